The number of rotatable bonds is 5. The van der Waals surface area contributed by atoms with E-state index in [1.54, 1.807) is 6.07 Å². The summed E-state index contributed by atoms with van der Waals surface area (Å²) in [6, 6.07) is 4.27. The predicted molar refractivity (Wildman–Crippen MR) is 122 cm³/mol. The molecule has 2 heterocycles. The Bertz CT molecular complexity index is 1460. The third-order valence-electron chi connectivity index (χ3n) is 5.10. The second-order valence-electron chi connectivity index (χ2n) is 7.79. The highest BCUT2D eigenvalue weighted by atomic mass is 35.5. The van der Waals surface area contributed by atoms with Crippen LogP contribution < -0.4 is 21.5 Å². The second kappa shape index (κ2) is 9.42. The molecular weight excluding hydrogens is 487 g/mol. The van der Waals surface area contributed by atoms with Gasteiger partial charge in [0.25, 0.3) is 11.1 Å². The zero-order valence-corrected chi connectivity index (χ0v) is 19.5. The van der Waals surface area contributed by atoms with Gasteiger partial charge in [0.05, 0.1) is 33.5 Å². The standard InChI is InChI=1S/C21H18Cl2N6O5/c1-9(2)33-15-5-3-4-11-16(15)19(31)26-27-20(11)34-17-12(22)6-10(7-13(17)23)29-21(32)25-18(30)14(8-24)28-29/h6-7,9,15H,3-5H2,1-2H3,(H,26,31)(H,25,30,32)/t15-/m1/s1. The van der Waals surface area contributed by atoms with Crippen molar-refractivity contribution in [3.05, 3.63) is 70.2 Å². The lowest BCUT2D eigenvalue weighted by molar-refractivity contribution is -0.00419. The van der Waals surface area contributed by atoms with Gasteiger partial charge in [-0.25, -0.2) is 9.89 Å². The number of nitrogens with zero attached hydrogens (tertiary/aromatic N) is 4. The summed E-state index contributed by atoms with van der Waals surface area (Å²) in [6.07, 6.45) is 1.56. The first kappa shape index (κ1) is 23.7. The number of fused-ring (bicyclic) bond motifs is 1. The lowest BCUT2D eigenvalue weighted by Crippen LogP contribution is -2.33. The Kier molecular flexibility index (Phi) is 6.56. The number of ether oxygens (including phenoxy) is 2. The van der Waals surface area contributed by atoms with E-state index in [1.165, 1.54) is 12.1 Å². The van der Waals surface area contributed by atoms with Crippen molar-refractivity contribution in [2.24, 2.45) is 0 Å². The molecular formula is C21H18Cl2N6O5. The molecule has 0 bridgehead atoms. The smallest absolute Gasteiger partial charge is 0.349 e. The van der Waals surface area contributed by atoms with Gasteiger partial charge in [-0.05, 0) is 45.2 Å². The Hall–Kier alpha value is -3.46. The topological polar surface area (TPSA) is 156 Å². The van der Waals surface area contributed by atoms with E-state index in [0.717, 1.165) is 11.1 Å². The molecule has 3 aromatic rings. The molecule has 2 N–H and O–H groups in total. The van der Waals surface area contributed by atoms with E-state index in [9.17, 15) is 14.4 Å². The maximum Gasteiger partial charge on any atom is 0.349 e. The lowest BCUT2D eigenvalue weighted by atomic mass is 9.91. The molecule has 0 fully saturated rings. The first-order valence-corrected chi connectivity index (χ1v) is 11.0. The Morgan fingerprint density at radius 2 is 1.91 bits per heavy atom. The zero-order valence-electron chi connectivity index (χ0n) is 18.0. The normalized spacial score (nSPS) is 15.1. The number of nitrogens with one attached hydrogen (secondary N) is 2. The Labute approximate surface area is 201 Å². The molecule has 0 spiro atoms. The molecule has 1 aromatic carbocycles. The molecule has 1 aliphatic carbocycles. The van der Waals surface area contributed by atoms with Gasteiger partial charge in [0.2, 0.25) is 11.6 Å². The van der Waals surface area contributed by atoms with Crippen molar-refractivity contribution in [1.82, 2.24) is 25.0 Å². The van der Waals surface area contributed by atoms with Crippen LogP contribution in [0, 0.1) is 11.3 Å². The molecule has 4 rings (SSSR count). The first-order chi connectivity index (χ1) is 16.2. The molecule has 0 saturated carbocycles. The van der Waals surface area contributed by atoms with Crippen LogP contribution in [0.15, 0.2) is 26.5 Å². The van der Waals surface area contributed by atoms with Crippen molar-refractivity contribution in [1.29, 1.82) is 5.26 Å². The number of hydrogen-bond acceptors (Lipinski definition) is 8. The summed E-state index contributed by atoms with van der Waals surface area (Å²) in [5.41, 5.74) is -1.48. The highest BCUT2D eigenvalue weighted by Gasteiger charge is 2.29. The third kappa shape index (κ3) is 4.48. The minimum Gasteiger partial charge on any atom is -0.434 e. The van der Waals surface area contributed by atoms with E-state index in [4.69, 9.17) is 37.9 Å². The molecule has 13 heteroatoms. The van der Waals surface area contributed by atoms with Crippen LogP contribution in [0.5, 0.6) is 11.6 Å². The van der Waals surface area contributed by atoms with Crippen LogP contribution in [0.2, 0.25) is 10.0 Å². The summed E-state index contributed by atoms with van der Waals surface area (Å²) < 4.78 is 12.6. The van der Waals surface area contributed by atoms with Crippen LogP contribution in [-0.4, -0.2) is 31.1 Å². The quantitative estimate of drug-likeness (QED) is 0.536. The van der Waals surface area contributed by atoms with Gasteiger partial charge in [0.1, 0.15) is 6.07 Å². The van der Waals surface area contributed by atoms with Gasteiger partial charge in [-0.15, -0.1) is 10.2 Å². The molecule has 1 aliphatic rings. The van der Waals surface area contributed by atoms with Crippen molar-refractivity contribution in [2.75, 3.05) is 0 Å². The zero-order chi connectivity index (χ0) is 24.6. The molecule has 0 unspecified atom stereocenters. The molecule has 2 aromatic heterocycles. The van der Waals surface area contributed by atoms with Gasteiger partial charge in [-0.1, -0.05) is 23.2 Å². The number of aromatic amines is 2. The van der Waals surface area contributed by atoms with Gasteiger partial charge >= 0.3 is 5.69 Å². The van der Waals surface area contributed by atoms with Crippen LogP contribution in [0.1, 0.15) is 49.6 Å². The molecule has 0 radical (unpaired) electrons. The maximum atomic E-state index is 12.5. The van der Waals surface area contributed by atoms with E-state index in [-0.39, 0.29) is 39.0 Å². The van der Waals surface area contributed by atoms with Gasteiger partial charge in [0.15, 0.2) is 5.75 Å². The van der Waals surface area contributed by atoms with E-state index >= 15 is 0 Å². The fourth-order valence-corrected chi connectivity index (χ4v) is 4.29. The number of benzene rings is 1. The molecule has 11 nitrogen and oxygen atoms in total. The lowest BCUT2D eigenvalue weighted by Gasteiger charge is -2.27. The number of hydrogen-bond donors (Lipinski definition) is 2. The van der Waals surface area contributed by atoms with E-state index in [0.29, 0.717) is 24.0 Å². The average Bonchev–Trinajstić information content (AvgIpc) is 2.77. The SMILES string of the molecule is CC(C)O[C@@H]1CCCc2c(Oc3c(Cl)cc(-n4nc(C#N)c(=O)[nH]c4=O)cc3Cl)n[nH]c(=O)c21. The molecule has 176 valence electrons. The van der Waals surface area contributed by atoms with Gasteiger partial charge in [0, 0.05) is 5.56 Å². The average molecular weight is 505 g/mol. The van der Waals surface area contributed by atoms with E-state index < -0.39 is 23.0 Å². The summed E-state index contributed by atoms with van der Waals surface area (Å²) >= 11 is 12.8. The van der Waals surface area contributed by atoms with Crippen molar-refractivity contribution in [3.8, 4) is 23.4 Å². The van der Waals surface area contributed by atoms with E-state index in [1.807, 2.05) is 18.8 Å². The minimum atomic E-state index is -0.908. The summed E-state index contributed by atoms with van der Waals surface area (Å²) in [5, 5.41) is 19.2. The Morgan fingerprint density at radius 3 is 2.56 bits per heavy atom. The highest BCUT2D eigenvalue weighted by molar-refractivity contribution is 6.37. The number of aromatic nitrogens is 5. The van der Waals surface area contributed by atoms with Crippen molar-refractivity contribution >= 4 is 23.2 Å². The fourth-order valence-electron chi connectivity index (χ4n) is 3.73. The van der Waals surface area contributed by atoms with Gasteiger partial charge < -0.3 is 9.47 Å². The summed E-state index contributed by atoms with van der Waals surface area (Å²) in [7, 11) is 0. The van der Waals surface area contributed by atoms with Gasteiger partial charge in [-0.2, -0.15) is 9.94 Å². The monoisotopic (exact) mass is 504 g/mol. The van der Waals surface area contributed by atoms with Crippen molar-refractivity contribution in [2.45, 2.75) is 45.3 Å². The van der Waals surface area contributed by atoms with Crippen LogP contribution in [0.4, 0.5) is 0 Å². The molecule has 0 saturated heterocycles. The summed E-state index contributed by atoms with van der Waals surface area (Å²) in [4.78, 5) is 38.3. The Balaban J connectivity index is 1.75. The Morgan fingerprint density at radius 1 is 1.21 bits per heavy atom. The highest BCUT2D eigenvalue weighted by Crippen LogP contribution is 2.41. The molecule has 0 amide bonds. The number of H-pyrrole nitrogens is 2. The first-order valence-electron chi connectivity index (χ1n) is 10.3. The summed E-state index contributed by atoms with van der Waals surface area (Å²) in [6.45, 7) is 3.79. The third-order valence-corrected chi connectivity index (χ3v) is 5.66. The number of nitriles is 1. The molecule has 0 aliphatic heterocycles. The van der Waals surface area contributed by atoms with E-state index in [2.05, 4.69) is 15.3 Å². The predicted octanol–water partition coefficient (Wildman–Crippen LogP) is 2.78. The van der Waals surface area contributed by atoms with Crippen LogP contribution in [0.3, 0.4) is 0 Å². The summed E-state index contributed by atoms with van der Waals surface area (Å²) in [5.74, 6) is 0.174. The second-order valence-corrected chi connectivity index (χ2v) is 8.60. The van der Waals surface area contributed by atoms with Crippen molar-refractivity contribution in [3.63, 3.8) is 0 Å². The molecule has 1 atom stereocenters. The van der Waals surface area contributed by atoms with Crippen LogP contribution >= 0.6 is 23.2 Å². The molecule has 34 heavy (non-hydrogen) atoms. The van der Waals surface area contributed by atoms with Crippen LogP contribution in [-0.2, 0) is 11.2 Å². The minimum absolute atomic E-state index is 0.00782. The number of halogens is 2. The van der Waals surface area contributed by atoms with Gasteiger partial charge in [-0.3, -0.25) is 14.6 Å². The maximum absolute atomic E-state index is 12.5. The van der Waals surface area contributed by atoms with Crippen LogP contribution in [0.25, 0.3) is 5.69 Å². The largest absolute Gasteiger partial charge is 0.434 e. The fraction of sp³-hybridized carbons (Fsp3) is 0.333. The van der Waals surface area contributed by atoms with Crippen molar-refractivity contribution < 1.29 is 9.47 Å².